The Morgan fingerprint density at radius 3 is 2.44 bits per heavy atom. The van der Waals surface area contributed by atoms with Gasteiger partial charge in [0.05, 0.1) is 10.0 Å². The number of alkyl carbamates (subject to hydrolysis) is 1. The van der Waals surface area contributed by atoms with E-state index < -0.39 is 17.7 Å². The van der Waals surface area contributed by atoms with Crippen LogP contribution in [0.4, 0.5) is 4.79 Å². The van der Waals surface area contributed by atoms with Crippen LogP contribution in [0.5, 0.6) is 0 Å². The number of rotatable bonds is 3. The van der Waals surface area contributed by atoms with E-state index in [2.05, 4.69) is 5.32 Å². The average Bonchev–Trinajstić information content (AvgIpc) is 3.07. The Kier molecular flexibility index (Phi) is 4.98. The van der Waals surface area contributed by atoms with Gasteiger partial charge in [0.1, 0.15) is 5.57 Å². The summed E-state index contributed by atoms with van der Waals surface area (Å²) in [5, 5.41) is 3.22. The molecule has 1 aromatic rings. The van der Waals surface area contributed by atoms with E-state index in [0.717, 1.165) is 18.4 Å². The van der Waals surface area contributed by atoms with Crippen LogP contribution in [-0.2, 0) is 14.3 Å². The van der Waals surface area contributed by atoms with Gasteiger partial charge in [-0.1, -0.05) is 23.2 Å². The van der Waals surface area contributed by atoms with Crippen LogP contribution in [0.1, 0.15) is 43.7 Å². The zero-order valence-corrected chi connectivity index (χ0v) is 15.6. The largest absolute Gasteiger partial charge is 0.447 e. The third-order valence-corrected chi connectivity index (χ3v) is 5.09. The van der Waals surface area contributed by atoms with Gasteiger partial charge in [-0.2, -0.15) is 0 Å². The molecule has 1 saturated carbocycles. The fourth-order valence-electron chi connectivity index (χ4n) is 3.44. The summed E-state index contributed by atoms with van der Waals surface area (Å²) in [6, 6.07) is 3.43. The SMILES string of the molecule is CCNC(=O)OC1=C(c2c(Cl)cc(C)cc2Cl)C(=O)OC12CCCC2. The molecule has 1 N–H and O–H groups in total. The van der Waals surface area contributed by atoms with Crippen LogP contribution < -0.4 is 5.32 Å². The number of hydrogen-bond donors (Lipinski definition) is 1. The number of aryl methyl sites for hydroxylation is 1. The molecule has 0 unspecified atom stereocenters. The zero-order chi connectivity index (χ0) is 18.2. The number of benzene rings is 1. The first kappa shape index (κ1) is 18.1. The highest BCUT2D eigenvalue weighted by atomic mass is 35.5. The summed E-state index contributed by atoms with van der Waals surface area (Å²) in [6.07, 6.45) is 2.37. The van der Waals surface area contributed by atoms with Gasteiger partial charge in [0.2, 0.25) is 0 Å². The molecule has 0 saturated heterocycles. The maximum Gasteiger partial charge on any atom is 0.412 e. The second kappa shape index (κ2) is 6.89. The molecule has 0 bridgehead atoms. The lowest BCUT2D eigenvalue weighted by Gasteiger charge is -2.24. The summed E-state index contributed by atoms with van der Waals surface area (Å²) in [6.45, 7) is 4.05. The van der Waals surface area contributed by atoms with Gasteiger partial charge in [0, 0.05) is 12.1 Å². The lowest BCUT2D eigenvalue weighted by atomic mass is 9.95. The first-order valence-corrected chi connectivity index (χ1v) is 9.03. The first-order chi connectivity index (χ1) is 11.9. The van der Waals surface area contributed by atoms with Crippen LogP contribution in [0, 0.1) is 6.92 Å². The van der Waals surface area contributed by atoms with Crippen molar-refractivity contribution in [2.75, 3.05) is 6.54 Å². The molecular formula is C18H19Cl2NO4. The van der Waals surface area contributed by atoms with Crippen molar-refractivity contribution in [3.8, 4) is 0 Å². The van der Waals surface area contributed by atoms with Gasteiger partial charge in [-0.15, -0.1) is 0 Å². The van der Waals surface area contributed by atoms with E-state index in [4.69, 9.17) is 32.7 Å². The Morgan fingerprint density at radius 1 is 1.28 bits per heavy atom. The fraction of sp³-hybridized carbons (Fsp3) is 0.444. The standard InChI is InChI=1S/C18H19Cl2NO4/c1-3-21-17(23)24-15-14(13-11(19)8-10(2)9-12(13)20)16(22)25-18(15)6-4-5-7-18/h8-9H,3-7H2,1-2H3,(H,21,23). The summed E-state index contributed by atoms with van der Waals surface area (Å²) in [4.78, 5) is 24.7. The maximum absolute atomic E-state index is 12.7. The number of esters is 1. The molecular weight excluding hydrogens is 365 g/mol. The molecule has 1 fully saturated rings. The molecule has 3 rings (SSSR count). The van der Waals surface area contributed by atoms with Gasteiger partial charge >= 0.3 is 12.1 Å². The highest BCUT2D eigenvalue weighted by Gasteiger charge is 2.52. The predicted octanol–water partition coefficient (Wildman–Crippen LogP) is 4.63. The van der Waals surface area contributed by atoms with Crippen molar-refractivity contribution in [2.24, 2.45) is 0 Å². The number of hydrogen-bond acceptors (Lipinski definition) is 4. The van der Waals surface area contributed by atoms with E-state index in [9.17, 15) is 9.59 Å². The fourth-order valence-corrected chi connectivity index (χ4v) is 4.23. The molecule has 1 amide bonds. The molecule has 134 valence electrons. The van der Waals surface area contributed by atoms with Crippen molar-refractivity contribution in [1.82, 2.24) is 5.32 Å². The third-order valence-electron chi connectivity index (χ3n) is 4.50. The summed E-state index contributed by atoms with van der Waals surface area (Å²) in [5.41, 5.74) is 0.451. The minimum atomic E-state index is -0.908. The summed E-state index contributed by atoms with van der Waals surface area (Å²) >= 11 is 12.7. The first-order valence-electron chi connectivity index (χ1n) is 8.28. The number of ether oxygens (including phenoxy) is 2. The molecule has 7 heteroatoms. The van der Waals surface area contributed by atoms with E-state index in [1.54, 1.807) is 19.1 Å². The molecule has 1 heterocycles. The van der Waals surface area contributed by atoms with Crippen molar-refractivity contribution in [3.05, 3.63) is 39.1 Å². The monoisotopic (exact) mass is 383 g/mol. The lowest BCUT2D eigenvalue weighted by Crippen LogP contribution is -2.33. The van der Waals surface area contributed by atoms with Gasteiger partial charge in [-0.05, 0) is 57.2 Å². The molecule has 0 radical (unpaired) electrons. The number of carbonyl (C=O) groups is 2. The Balaban J connectivity index is 2.17. The van der Waals surface area contributed by atoms with E-state index in [-0.39, 0.29) is 11.3 Å². The molecule has 0 aromatic heterocycles. The van der Waals surface area contributed by atoms with E-state index in [0.29, 0.717) is 35.0 Å². The van der Waals surface area contributed by atoms with Gasteiger partial charge < -0.3 is 14.8 Å². The predicted molar refractivity (Wildman–Crippen MR) is 95.6 cm³/mol. The summed E-state index contributed by atoms with van der Waals surface area (Å²) in [5.74, 6) is -0.345. The highest BCUT2D eigenvalue weighted by molar-refractivity contribution is 6.40. The van der Waals surface area contributed by atoms with E-state index in [1.165, 1.54) is 0 Å². The van der Waals surface area contributed by atoms with Crippen LogP contribution in [0.25, 0.3) is 5.57 Å². The van der Waals surface area contributed by atoms with Gasteiger partial charge in [0.25, 0.3) is 0 Å². The molecule has 5 nitrogen and oxygen atoms in total. The third kappa shape index (κ3) is 3.23. The Labute approximate surface area is 156 Å². The number of carbonyl (C=O) groups excluding carboxylic acids is 2. The van der Waals surface area contributed by atoms with Gasteiger partial charge in [-0.3, -0.25) is 0 Å². The van der Waals surface area contributed by atoms with Crippen molar-refractivity contribution < 1.29 is 19.1 Å². The molecule has 0 atom stereocenters. The lowest BCUT2D eigenvalue weighted by molar-refractivity contribution is -0.146. The second-order valence-electron chi connectivity index (χ2n) is 6.32. The molecule has 25 heavy (non-hydrogen) atoms. The van der Waals surface area contributed by atoms with Gasteiger partial charge in [0.15, 0.2) is 11.4 Å². The summed E-state index contributed by atoms with van der Waals surface area (Å²) in [7, 11) is 0. The Bertz CT molecular complexity index is 743. The van der Waals surface area contributed by atoms with E-state index in [1.807, 2.05) is 6.92 Å². The normalized spacial score (nSPS) is 18.6. The zero-order valence-electron chi connectivity index (χ0n) is 14.1. The minimum Gasteiger partial charge on any atom is -0.447 e. The van der Waals surface area contributed by atoms with Crippen molar-refractivity contribution in [1.29, 1.82) is 0 Å². The van der Waals surface area contributed by atoms with Gasteiger partial charge in [-0.25, -0.2) is 9.59 Å². The Morgan fingerprint density at radius 2 is 1.88 bits per heavy atom. The minimum absolute atomic E-state index is 0.142. The van der Waals surface area contributed by atoms with Crippen LogP contribution in [0.3, 0.4) is 0 Å². The number of amides is 1. The van der Waals surface area contributed by atoms with Crippen LogP contribution in [0.2, 0.25) is 10.0 Å². The van der Waals surface area contributed by atoms with Crippen LogP contribution >= 0.6 is 23.2 Å². The van der Waals surface area contributed by atoms with Crippen LogP contribution in [-0.4, -0.2) is 24.2 Å². The van der Waals surface area contributed by atoms with E-state index >= 15 is 0 Å². The van der Waals surface area contributed by atoms with Crippen molar-refractivity contribution >= 4 is 40.8 Å². The second-order valence-corrected chi connectivity index (χ2v) is 7.13. The molecule has 1 spiro atoms. The number of halogens is 2. The maximum atomic E-state index is 12.7. The smallest absolute Gasteiger partial charge is 0.412 e. The number of nitrogens with one attached hydrogen (secondary N) is 1. The topological polar surface area (TPSA) is 64.6 Å². The highest BCUT2D eigenvalue weighted by Crippen LogP contribution is 2.50. The average molecular weight is 384 g/mol. The Hall–Kier alpha value is -1.72. The van der Waals surface area contributed by atoms with Crippen molar-refractivity contribution in [3.63, 3.8) is 0 Å². The molecule has 1 aliphatic carbocycles. The summed E-state index contributed by atoms with van der Waals surface area (Å²) < 4.78 is 11.2. The molecule has 1 aromatic carbocycles. The molecule has 2 aliphatic rings. The van der Waals surface area contributed by atoms with Crippen LogP contribution in [0.15, 0.2) is 17.9 Å². The molecule has 1 aliphatic heterocycles. The van der Waals surface area contributed by atoms with Crippen molar-refractivity contribution in [2.45, 2.75) is 45.1 Å². The quantitative estimate of drug-likeness (QED) is 0.772.